The lowest BCUT2D eigenvalue weighted by Crippen LogP contribution is -2.59. The number of benzene rings is 1. The van der Waals surface area contributed by atoms with Gasteiger partial charge in [0.15, 0.2) is 5.41 Å². The van der Waals surface area contributed by atoms with Gasteiger partial charge in [0.05, 0.1) is 24.1 Å². The highest BCUT2D eigenvalue weighted by Crippen LogP contribution is 2.68. The molecule has 0 amide bonds. The highest BCUT2D eigenvalue weighted by atomic mass is 19.1. The van der Waals surface area contributed by atoms with Crippen LogP contribution in [-0.4, -0.2) is 11.7 Å². The summed E-state index contributed by atoms with van der Waals surface area (Å²) in [7, 11) is 0. The molecule has 3 fully saturated rings. The van der Waals surface area contributed by atoms with Crippen LogP contribution in [0.4, 0.5) is 4.39 Å². The minimum Gasteiger partial charge on any atom is -0.447 e. The average molecular weight is 378 g/mol. The molecule has 142 valence electrons. The zero-order chi connectivity index (χ0) is 20.0. The molecule has 2 aliphatic heterocycles. The van der Waals surface area contributed by atoms with E-state index in [1.165, 1.54) is 18.2 Å². The van der Waals surface area contributed by atoms with Gasteiger partial charge in [-0.2, -0.15) is 15.8 Å². The summed E-state index contributed by atoms with van der Waals surface area (Å²) in [6.45, 7) is 0. The Hall–Kier alpha value is -2.95. The molecule has 1 aliphatic carbocycles. The molecule has 1 N–H and O–H groups in total. The third-order valence-corrected chi connectivity index (χ3v) is 6.47. The Labute approximate surface area is 162 Å². The van der Waals surface area contributed by atoms with Crippen LogP contribution < -0.4 is 0 Å². The van der Waals surface area contributed by atoms with Crippen molar-refractivity contribution in [3.05, 3.63) is 35.6 Å². The summed E-state index contributed by atoms with van der Waals surface area (Å²) in [5, 5.41) is 39.0. The number of rotatable bonds is 1. The van der Waals surface area contributed by atoms with Gasteiger partial charge in [0.1, 0.15) is 11.9 Å². The van der Waals surface area contributed by atoms with Gasteiger partial charge in [-0.15, -0.1) is 0 Å². The Balaban J connectivity index is 1.99. The average Bonchev–Trinajstić information content (AvgIpc) is 2.85. The first-order valence-corrected chi connectivity index (χ1v) is 9.45. The second-order valence-electron chi connectivity index (χ2n) is 7.75. The molecule has 3 aliphatic rings. The number of hydrogen-bond donors (Lipinski definition) is 1. The van der Waals surface area contributed by atoms with E-state index in [9.17, 15) is 20.2 Å². The molecule has 4 atom stereocenters. The van der Waals surface area contributed by atoms with Gasteiger partial charge in [-0.3, -0.25) is 5.41 Å². The summed E-state index contributed by atoms with van der Waals surface area (Å²) in [4.78, 5) is 0. The normalized spacial score (nSPS) is 35.9. The van der Waals surface area contributed by atoms with Crippen LogP contribution in [0, 0.1) is 62.0 Å². The van der Waals surface area contributed by atoms with E-state index < -0.39 is 34.5 Å². The van der Waals surface area contributed by atoms with Crippen LogP contribution in [0.25, 0.3) is 0 Å². The Morgan fingerprint density at radius 3 is 2.50 bits per heavy atom. The monoisotopic (exact) mass is 378 g/mol. The van der Waals surface area contributed by atoms with Crippen LogP contribution in [0.1, 0.15) is 50.2 Å². The quantitative estimate of drug-likeness (QED) is 0.790. The molecule has 2 saturated heterocycles. The molecular formula is C21H19FN4O2. The molecular weight excluding hydrogens is 359 g/mol. The van der Waals surface area contributed by atoms with Gasteiger partial charge < -0.3 is 9.47 Å². The van der Waals surface area contributed by atoms with Crippen LogP contribution in [0.2, 0.25) is 0 Å². The van der Waals surface area contributed by atoms with Crippen LogP contribution in [0.15, 0.2) is 24.3 Å². The minimum absolute atomic E-state index is 0.293. The lowest BCUT2D eigenvalue weighted by Gasteiger charge is -2.50. The molecule has 7 heteroatoms. The van der Waals surface area contributed by atoms with Crippen LogP contribution in [0.5, 0.6) is 0 Å². The number of hydrogen-bond acceptors (Lipinski definition) is 6. The van der Waals surface area contributed by atoms with Crippen molar-refractivity contribution in [2.24, 2.45) is 16.7 Å². The van der Waals surface area contributed by atoms with E-state index in [4.69, 9.17) is 14.9 Å². The van der Waals surface area contributed by atoms with Crippen molar-refractivity contribution in [1.29, 1.82) is 21.2 Å². The Bertz CT molecular complexity index is 944. The molecule has 6 nitrogen and oxygen atoms in total. The van der Waals surface area contributed by atoms with Gasteiger partial charge in [0.25, 0.3) is 0 Å². The van der Waals surface area contributed by atoms with E-state index in [-0.39, 0.29) is 5.90 Å². The van der Waals surface area contributed by atoms with Crippen molar-refractivity contribution in [2.75, 3.05) is 0 Å². The largest absolute Gasteiger partial charge is 0.447 e. The van der Waals surface area contributed by atoms with Gasteiger partial charge in [0, 0.05) is 6.42 Å². The number of nitrogens with one attached hydrogen (secondary N) is 1. The molecule has 28 heavy (non-hydrogen) atoms. The van der Waals surface area contributed by atoms with E-state index in [2.05, 4.69) is 6.07 Å². The second-order valence-corrected chi connectivity index (χ2v) is 7.75. The summed E-state index contributed by atoms with van der Waals surface area (Å²) >= 11 is 0. The summed E-state index contributed by atoms with van der Waals surface area (Å²) < 4.78 is 26.1. The highest BCUT2D eigenvalue weighted by Gasteiger charge is 2.80. The van der Waals surface area contributed by atoms with Crippen molar-refractivity contribution in [3.8, 4) is 18.2 Å². The first kappa shape index (κ1) is 18.4. The summed E-state index contributed by atoms with van der Waals surface area (Å²) in [5.74, 6) is -2.76. The van der Waals surface area contributed by atoms with Crippen molar-refractivity contribution in [3.63, 3.8) is 0 Å². The lowest BCUT2D eigenvalue weighted by molar-refractivity contribution is -0.289. The third kappa shape index (κ3) is 2.10. The van der Waals surface area contributed by atoms with Crippen LogP contribution in [0.3, 0.4) is 0 Å². The van der Waals surface area contributed by atoms with Gasteiger partial charge in [-0.1, -0.05) is 31.4 Å². The molecule has 4 rings (SSSR count). The Kier molecular flexibility index (Phi) is 4.14. The summed E-state index contributed by atoms with van der Waals surface area (Å²) in [6, 6.07) is 11.7. The van der Waals surface area contributed by atoms with Crippen molar-refractivity contribution >= 4 is 5.90 Å². The first-order valence-electron chi connectivity index (χ1n) is 9.45. The predicted octanol–water partition coefficient (Wildman–Crippen LogP) is 4.11. The molecule has 0 spiro atoms. The number of nitriles is 3. The van der Waals surface area contributed by atoms with Crippen LogP contribution >= 0.6 is 0 Å². The van der Waals surface area contributed by atoms with E-state index in [1.807, 2.05) is 12.1 Å². The standard InChI is InChI=1S/C21H19FN4O2/c22-15-7-5-6-14(10-15)17-19(11-23,12-24)20(13-25)16-8-3-1-2-4-9-21(16,27-17)28-18(20)26/h5-7,10,16-17,26H,1-4,8-9H2. The van der Waals surface area contributed by atoms with Gasteiger partial charge >= 0.3 is 0 Å². The van der Waals surface area contributed by atoms with Gasteiger partial charge in [-0.25, -0.2) is 4.39 Å². The third-order valence-electron chi connectivity index (χ3n) is 6.47. The molecule has 1 saturated carbocycles. The number of ether oxygens (including phenoxy) is 2. The smallest absolute Gasteiger partial charge is 0.217 e. The maximum atomic E-state index is 13.9. The van der Waals surface area contributed by atoms with Crippen LogP contribution in [-0.2, 0) is 9.47 Å². The van der Waals surface area contributed by atoms with E-state index in [0.29, 0.717) is 18.4 Å². The zero-order valence-corrected chi connectivity index (χ0v) is 15.2. The molecule has 0 aromatic heterocycles. The van der Waals surface area contributed by atoms with Crippen molar-refractivity contribution in [1.82, 2.24) is 0 Å². The first-order chi connectivity index (χ1) is 13.5. The van der Waals surface area contributed by atoms with Gasteiger partial charge in [-0.05, 0) is 30.5 Å². The maximum absolute atomic E-state index is 13.9. The summed E-state index contributed by atoms with van der Waals surface area (Å²) in [6.07, 6.45) is 3.32. The molecule has 1 aromatic carbocycles. The Morgan fingerprint density at radius 2 is 1.82 bits per heavy atom. The van der Waals surface area contributed by atoms with Crippen molar-refractivity contribution in [2.45, 2.75) is 50.4 Å². The van der Waals surface area contributed by atoms with E-state index >= 15 is 0 Å². The fourth-order valence-corrected chi connectivity index (χ4v) is 5.18. The Morgan fingerprint density at radius 1 is 1.07 bits per heavy atom. The van der Waals surface area contributed by atoms with Crippen molar-refractivity contribution < 1.29 is 13.9 Å². The number of nitrogens with zero attached hydrogens (tertiary/aromatic N) is 3. The topological polar surface area (TPSA) is 114 Å². The zero-order valence-electron chi connectivity index (χ0n) is 15.2. The number of halogens is 1. The maximum Gasteiger partial charge on any atom is 0.217 e. The SMILES string of the molecule is N#CC1(C#N)C(c2cccc(F)c2)OC23CCCCCCC2C1(C#N)C(=N)O3. The summed E-state index contributed by atoms with van der Waals surface area (Å²) in [5.41, 5.74) is -3.49. The van der Waals surface area contributed by atoms with E-state index in [0.717, 1.165) is 25.7 Å². The second kappa shape index (κ2) is 6.30. The molecule has 1 aromatic rings. The highest BCUT2D eigenvalue weighted by molar-refractivity contribution is 5.89. The fraction of sp³-hybridized carbons (Fsp3) is 0.524. The predicted molar refractivity (Wildman–Crippen MR) is 94.7 cm³/mol. The molecule has 2 heterocycles. The fourth-order valence-electron chi connectivity index (χ4n) is 5.18. The van der Waals surface area contributed by atoms with E-state index in [1.54, 1.807) is 6.07 Å². The molecule has 0 radical (unpaired) electrons. The molecule has 4 unspecified atom stereocenters. The molecule has 2 bridgehead atoms. The van der Waals surface area contributed by atoms with Gasteiger partial charge in [0.2, 0.25) is 17.1 Å². The minimum atomic E-state index is -2.02. The lowest BCUT2D eigenvalue weighted by atomic mass is 9.52.